The van der Waals surface area contributed by atoms with Gasteiger partial charge in [-0.25, -0.2) is 12.7 Å². The largest absolute Gasteiger partial charge is 0.326 e. The molecule has 0 aliphatic carbocycles. The lowest BCUT2D eigenvalue weighted by Crippen LogP contribution is -2.45. The van der Waals surface area contributed by atoms with Crippen LogP contribution in [0.15, 0.2) is 0 Å². The second-order valence-electron chi connectivity index (χ2n) is 4.52. The van der Waals surface area contributed by atoms with E-state index < -0.39 is 10.0 Å². The quantitative estimate of drug-likeness (QED) is 0.723. The molecule has 1 atom stereocenters. The third-order valence-corrected chi connectivity index (χ3v) is 3.41. The van der Waals surface area contributed by atoms with Crippen LogP contribution in [0.25, 0.3) is 0 Å². The van der Waals surface area contributed by atoms with E-state index in [0.29, 0.717) is 6.54 Å². The molecule has 13 heavy (non-hydrogen) atoms. The van der Waals surface area contributed by atoms with Crippen LogP contribution >= 0.6 is 0 Å². The highest BCUT2D eigenvalue weighted by molar-refractivity contribution is 7.88. The number of nitrogens with two attached hydrogens (primary N) is 1. The van der Waals surface area contributed by atoms with Gasteiger partial charge in [0, 0.05) is 19.6 Å². The lowest BCUT2D eigenvalue weighted by molar-refractivity contribution is 0.280. The summed E-state index contributed by atoms with van der Waals surface area (Å²) in [6, 6.07) is -0.146. The third-order valence-electron chi connectivity index (χ3n) is 2.13. The number of nitrogens with zero attached hydrogens (tertiary/aromatic N) is 1. The lowest BCUT2D eigenvalue weighted by atomic mass is 9.87. The maximum atomic E-state index is 11.1. The van der Waals surface area contributed by atoms with Crippen LogP contribution < -0.4 is 5.73 Å². The van der Waals surface area contributed by atoms with E-state index in [1.807, 2.05) is 20.8 Å². The van der Waals surface area contributed by atoms with Gasteiger partial charge in [-0.2, -0.15) is 0 Å². The molecule has 80 valence electrons. The van der Waals surface area contributed by atoms with Gasteiger partial charge in [0.15, 0.2) is 0 Å². The van der Waals surface area contributed by atoms with Gasteiger partial charge in [0.2, 0.25) is 10.0 Å². The van der Waals surface area contributed by atoms with E-state index in [2.05, 4.69) is 0 Å². The molecule has 0 spiro atoms. The van der Waals surface area contributed by atoms with Crippen LogP contribution in [-0.4, -0.2) is 38.6 Å². The molecule has 0 aromatic heterocycles. The number of rotatable bonds is 3. The summed E-state index contributed by atoms with van der Waals surface area (Å²) in [4.78, 5) is 0. The van der Waals surface area contributed by atoms with E-state index in [4.69, 9.17) is 5.73 Å². The highest BCUT2D eigenvalue weighted by Gasteiger charge is 2.24. The fourth-order valence-electron chi connectivity index (χ4n) is 0.686. The molecule has 0 aliphatic heterocycles. The van der Waals surface area contributed by atoms with Crippen LogP contribution in [0, 0.1) is 5.41 Å². The molecule has 0 heterocycles. The summed E-state index contributed by atoms with van der Waals surface area (Å²) in [5, 5.41) is 0. The lowest BCUT2D eigenvalue weighted by Gasteiger charge is -2.29. The molecule has 4 nitrogen and oxygen atoms in total. The standard InChI is InChI=1S/C8H20N2O2S/c1-8(2,3)7(9)6-10(4)13(5,11)12/h7H,6,9H2,1-5H3/t7-/m1/s1. The van der Waals surface area contributed by atoms with E-state index >= 15 is 0 Å². The van der Waals surface area contributed by atoms with Crippen molar-refractivity contribution in [2.24, 2.45) is 11.1 Å². The summed E-state index contributed by atoms with van der Waals surface area (Å²) in [5.41, 5.74) is 5.77. The smallest absolute Gasteiger partial charge is 0.211 e. The Balaban J connectivity index is 4.32. The molecule has 0 rings (SSSR count). The first-order valence-corrected chi connectivity index (χ1v) is 6.07. The summed E-state index contributed by atoms with van der Waals surface area (Å²) >= 11 is 0. The molecule has 0 aliphatic rings. The third kappa shape index (κ3) is 4.59. The molecule has 0 bridgehead atoms. The molecule has 0 fully saturated rings. The van der Waals surface area contributed by atoms with Crippen molar-refractivity contribution in [2.45, 2.75) is 26.8 Å². The van der Waals surface area contributed by atoms with Gasteiger partial charge < -0.3 is 5.73 Å². The minimum atomic E-state index is -3.10. The van der Waals surface area contributed by atoms with E-state index in [-0.39, 0.29) is 11.5 Å². The SMILES string of the molecule is CN(C[C@@H](N)C(C)(C)C)S(C)(=O)=O. The Bertz CT molecular complexity index is 254. The minimum absolute atomic E-state index is 0.0705. The van der Waals surface area contributed by atoms with Gasteiger partial charge in [-0.05, 0) is 5.41 Å². The van der Waals surface area contributed by atoms with Gasteiger partial charge >= 0.3 is 0 Å². The molecule has 2 N–H and O–H groups in total. The van der Waals surface area contributed by atoms with Crippen LogP contribution in [0.1, 0.15) is 20.8 Å². The average molecular weight is 208 g/mol. The van der Waals surface area contributed by atoms with E-state index in [0.717, 1.165) is 0 Å². The minimum Gasteiger partial charge on any atom is -0.326 e. The molecule has 0 radical (unpaired) electrons. The van der Waals surface area contributed by atoms with Crippen molar-refractivity contribution in [1.82, 2.24) is 4.31 Å². The van der Waals surface area contributed by atoms with Crippen molar-refractivity contribution in [3.63, 3.8) is 0 Å². The van der Waals surface area contributed by atoms with Crippen molar-refractivity contribution in [1.29, 1.82) is 0 Å². The summed E-state index contributed by atoms with van der Waals surface area (Å²) in [6.45, 7) is 6.34. The highest BCUT2D eigenvalue weighted by atomic mass is 32.2. The first-order valence-electron chi connectivity index (χ1n) is 4.22. The predicted octanol–water partition coefficient (Wildman–Crippen LogP) is 0.251. The Morgan fingerprint density at radius 1 is 1.38 bits per heavy atom. The van der Waals surface area contributed by atoms with Crippen LogP contribution in [0.4, 0.5) is 0 Å². The highest BCUT2D eigenvalue weighted by Crippen LogP contribution is 2.18. The molecule has 0 unspecified atom stereocenters. The summed E-state index contributed by atoms with van der Waals surface area (Å²) in [6.07, 6.45) is 1.18. The second kappa shape index (κ2) is 3.94. The van der Waals surface area contributed by atoms with Crippen molar-refractivity contribution in [3.8, 4) is 0 Å². The number of hydrogen-bond donors (Lipinski definition) is 1. The Kier molecular flexibility index (Phi) is 3.90. The van der Waals surface area contributed by atoms with Gasteiger partial charge in [-0.1, -0.05) is 20.8 Å². The number of likely N-dealkylation sites (N-methyl/N-ethyl adjacent to an activating group) is 1. The zero-order chi connectivity index (χ0) is 10.9. The molecule has 0 aromatic rings. The van der Waals surface area contributed by atoms with Crippen molar-refractivity contribution in [3.05, 3.63) is 0 Å². The molecule has 0 saturated carbocycles. The Labute approximate surface area is 81.2 Å². The van der Waals surface area contributed by atoms with Crippen LogP contribution in [0.3, 0.4) is 0 Å². The van der Waals surface area contributed by atoms with Crippen LogP contribution in [0.5, 0.6) is 0 Å². The first-order chi connectivity index (χ1) is 5.55. The van der Waals surface area contributed by atoms with E-state index in [1.165, 1.54) is 10.6 Å². The average Bonchev–Trinajstić information content (AvgIpc) is 1.82. The maximum absolute atomic E-state index is 11.1. The Morgan fingerprint density at radius 3 is 2.00 bits per heavy atom. The monoisotopic (exact) mass is 208 g/mol. The maximum Gasteiger partial charge on any atom is 0.211 e. The summed E-state index contributed by atoms with van der Waals surface area (Å²) in [5.74, 6) is 0. The van der Waals surface area contributed by atoms with Crippen molar-refractivity contribution < 1.29 is 8.42 Å². The van der Waals surface area contributed by atoms with Crippen LogP contribution in [-0.2, 0) is 10.0 Å². The van der Waals surface area contributed by atoms with Gasteiger partial charge in [0.25, 0.3) is 0 Å². The van der Waals surface area contributed by atoms with Crippen molar-refractivity contribution in [2.75, 3.05) is 19.8 Å². The zero-order valence-corrected chi connectivity index (χ0v) is 9.85. The zero-order valence-electron chi connectivity index (χ0n) is 9.03. The first kappa shape index (κ1) is 12.9. The molecule has 0 saturated heterocycles. The Morgan fingerprint density at radius 2 is 1.77 bits per heavy atom. The topological polar surface area (TPSA) is 63.4 Å². The van der Waals surface area contributed by atoms with E-state index in [9.17, 15) is 8.42 Å². The normalized spacial score (nSPS) is 16.2. The predicted molar refractivity (Wildman–Crippen MR) is 54.9 cm³/mol. The molecule has 0 aromatic carbocycles. The van der Waals surface area contributed by atoms with E-state index in [1.54, 1.807) is 7.05 Å². The summed E-state index contributed by atoms with van der Waals surface area (Å²) < 4.78 is 23.4. The van der Waals surface area contributed by atoms with Gasteiger partial charge in [0.05, 0.1) is 6.26 Å². The molecule has 5 heteroatoms. The van der Waals surface area contributed by atoms with Crippen molar-refractivity contribution >= 4 is 10.0 Å². The van der Waals surface area contributed by atoms with Gasteiger partial charge in [0.1, 0.15) is 0 Å². The summed E-state index contributed by atoms with van der Waals surface area (Å²) in [7, 11) is -1.56. The fourth-order valence-corrected chi connectivity index (χ4v) is 1.12. The van der Waals surface area contributed by atoms with Crippen LogP contribution in [0.2, 0.25) is 0 Å². The van der Waals surface area contributed by atoms with Gasteiger partial charge in [-0.3, -0.25) is 0 Å². The molecular formula is C8H20N2O2S. The van der Waals surface area contributed by atoms with Gasteiger partial charge in [-0.15, -0.1) is 0 Å². The number of sulfonamides is 1. The second-order valence-corrected chi connectivity index (χ2v) is 6.61. The Hall–Kier alpha value is -0.130. The molecule has 0 amide bonds. The number of hydrogen-bond acceptors (Lipinski definition) is 3. The molecular weight excluding hydrogens is 188 g/mol. The fraction of sp³-hybridized carbons (Fsp3) is 1.00.